The number of fused-ring (bicyclic) bond motifs is 1. The van der Waals surface area contributed by atoms with Gasteiger partial charge in [-0.3, -0.25) is 0 Å². The summed E-state index contributed by atoms with van der Waals surface area (Å²) in [7, 11) is 0. The van der Waals surface area contributed by atoms with Gasteiger partial charge in [-0.05, 0) is 23.6 Å². The number of benzene rings is 1. The van der Waals surface area contributed by atoms with Crippen LogP contribution >= 0.6 is 22.9 Å². The van der Waals surface area contributed by atoms with Gasteiger partial charge < -0.3 is 4.74 Å². The summed E-state index contributed by atoms with van der Waals surface area (Å²) in [4.78, 5) is 8.18. The number of rotatable bonds is 2. The van der Waals surface area contributed by atoms with Gasteiger partial charge in [-0.15, -0.1) is 11.3 Å². The highest BCUT2D eigenvalue weighted by atomic mass is 35.5. The van der Waals surface area contributed by atoms with Gasteiger partial charge in [0.05, 0.1) is 10.5 Å². The molecule has 90 valence electrons. The van der Waals surface area contributed by atoms with Crippen LogP contribution in [0.4, 0.5) is 4.39 Å². The third kappa shape index (κ3) is 2.02. The Labute approximate surface area is 111 Å². The van der Waals surface area contributed by atoms with E-state index in [9.17, 15) is 4.39 Å². The summed E-state index contributed by atoms with van der Waals surface area (Å²) in [5.74, 6) is 0.403. The Morgan fingerprint density at radius 1 is 1.22 bits per heavy atom. The van der Waals surface area contributed by atoms with E-state index in [0.29, 0.717) is 11.6 Å². The highest BCUT2D eigenvalue weighted by molar-refractivity contribution is 7.17. The summed E-state index contributed by atoms with van der Waals surface area (Å²) >= 11 is 7.18. The van der Waals surface area contributed by atoms with Crippen molar-refractivity contribution in [3.8, 4) is 11.6 Å². The summed E-state index contributed by atoms with van der Waals surface area (Å²) in [5.41, 5.74) is 0.818. The lowest BCUT2D eigenvalue weighted by Gasteiger charge is -2.05. The fourth-order valence-electron chi connectivity index (χ4n) is 1.49. The number of ether oxygens (including phenoxy) is 1. The summed E-state index contributed by atoms with van der Waals surface area (Å²) in [6, 6.07) is 6.05. The molecule has 18 heavy (non-hydrogen) atoms. The smallest absolute Gasteiger partial charge is 0.240 e. The lowest BCUT2D eigenvalue weighted by Crippen LogP contribution is -1.89. The Kier molecular flexibility index (Phi) is 2.85. The zero-order valence-electron chi connectivity index (χ0n) is 8.93. The zero-order valence-corrected chi connectivity index (χ0v) is 10.5. The van der Waals surface area contributed by atoms with E-state index in [4.69, 9.17) is 16.3 Å². The van der Waals surface area contributed by atoms with Gasteiger partial charge in [-0.2, -0.15) is 0 Å². The third-order valence-electron chi connectivity index (χ3n) is 2.32. The monoisotopic (exact) mass is 280 g/mol. The van der Waals surface area contributed by atoms with E-state index in [1.54, 1.807) is 0 Å². The molecule has 0 fully saturated rings. The first-order chi connectivity index (χ1) is 8.74. The van der Waals surface area contributed by atoms with E-state index in [1.165, 1.54) is 35.9 Å². The third-order valence-corrected chi connectivity index (χ3v) is 3.50. The van der Waals surface area contributed by atoms with Crippen molar-refractivity contribution in [2.24, 2.45) is 0 Å². The van der Waals surface area contributed by atoms with Gasteiger partial charge in [-0.1, -0.05) is 11.6 Å². The molecule has 0 saturated carbocycles. The van der Waals surface area contributed by atoms with Crippen LogP contribution in [0.1, 0.15) is 0 Å². The average Bonchev–Trinajstić information content (AvgIpc) is 2.83. The predicted octanol–water partition coefficient (Wildman–Crippen LogP) is 4.28. The van der Waals surface area contributed by atoms with Gasteiger partial charge in [0.2, 0.25) is 5.88 Å². The van der Waals surface area contributed by atoms with Gasteiger partial charge in [0.15, 0.2) is 0 Å². The van der Waals surface area contributed by atoms with Crippen LogP contribution in [-0.2, 0) is 0 Å². The summed E-state index contributed by atoms with van der Waals surface area (Å²) in [6.07, 6.45) is 1.43. The molecule has 0 atom stereocenters. The second-order valence-electron chi connectivity index (χ2n) is 3.49. The molecule has 0 bridgehead atoms. The van der Waals surface area contributed by atoms with E-state index in [0.717, 1.165) is 10.2 Å². The summed E-state index contributed by atoms with van der Waals surface area (Å²) < 4.78 is 19.5. The molecule has 6 heteroatoms. The molecule has 0 N–H and O–H groups in total. The number of hydrogen-bond donors (Lipinski definition) is 0. The Balaban J connectivity index is 2.01. The van der Waals surface area contributed by atoms with Crippen LogP contribution in [0, 0.1) is 5.82 Å². The molecule has 3 aromatic rings. The maximum atomic E-state index is 13.0. The summed E-state index contributed by atoms with van der Waals surface area (Å²) in [6.45, 7) is 0. The lowest BCUT2D eigenvalue weighted by atomic mass is 10.3. The van der Waals surface area contributed by atoms with Crippen molar-refractivity contribution in [3.05, 3.63) is 46.8 Å². The number of halogens is 2. The van der Waals surface area contributed by atoms with Crippen LogP contribution in [-0.4, -0.2) is 9.97 Å². The minimum absolute atomic E-state index is 0.0176. The quantitative estimate of drug-likeness (QED) is 0.703. The SMILES string of the molecule is Fc1ccc(Oc2ncnc3ccsc23)cc1Cl. The first-order valence-electron chi connectivity index (χ1n) is 5.05. The van der Waals surface area contributed by atoms with Gasteiger partial charge >= 0.3 is 0 Å². The minimum atomic E-state index is -0.479. The van der Waals surface area contributed by atoms with Crippen LogP contribution in [0.2, 0.25) is 5.02 Å². The molecule has 0 aliphatic heterocycles. The largest absolute Gasteiger partial charge is 0.437 e. The maximum absolute atomic E-state index is 13.0. The van der Waals surface area contributed by atoms with E-state index >= 15 is 0 Å². The van der Waals surface area contributed by atoms with Crippen molar-refractivity contribution in [2.45, 2.75) is 0 Å². The number of thiophene rings is 1. The van der Waals surface area contributed by atoms with Crippen molar-refractivity contribution in [1.82, 2.24) is 9.97 Å². The van der Waals surface area contributed by atoms with Gasteiger partial charge in [0.1, 0.15) is 22.6 Å². The molecule has 0 saturated heterocycles. The molecule has 2 heterocycles. The molecule has 0 spiro atoms. The summed E-state index contributed by atoms with van der Waals surface area (Å²) in [5, 5.41) is 1.92. The Bertz CT molecular complexity index is 716. The molecule has 1 aromatic carbocycles. The fourth-order valence-corrected chi connectivity index (χ4v) is 2.43. The molecule has 0 unspecified atom stereocenters. The van der Waals surface area contributed by atoms with Gasteiger partial charge in [-0.25, -0.2) is 14.4 Å². The normalized spacial score (nSPS) is 10.8. The van der Waals surface area contributed by atoms with Crippen molar-refractivity contribution in [3.63, 3.8) is 0 Å². The molecular formula is C12H6ClFN2OS. The number of hydrogen-bond acceptors (Lipinski definition) is 4. The second-order valence-corrected chi connectivity index (χ2v) is 4.82. The fraction of sp³-hybridized carbons (Fsp3) is 0. The standard InChI is InChI=1S/C12H6ClFN2OS/c13-8-5-7(1-2-9(8)14)17-12-11-10(3-4-18-11)15-6-16-12/h1-6H. The lowest BCUT2D eigenvalue weighted by molar-refractivity contribution is 0.467. The molecule has 0 radical (unpaired) electrons. The van der Waals surface area contributed by atoms with E-state index < -0.39 is 5.82 Å². The maximum Gasteiger partial charge on any atom is 0.240 e. The average molecular weight is 281 g/mol. The molecule has 0 aliphatic rings. The molecule has 2 aromatic heterocycles. The van der Waals surface area contributed by atoms with Crippen molar-refractivity contribution in [2.75, 3.05) is 0 Å². The van der Waals surface area contributed by atoms with Gasteiger partial charge in [0.25, 0.3) is 0 Å². The topological polar surface area (TPSA) is 35.0 Å². The molecule has 3 nitrogen and oxygen atoms in total. The van der Waals surface area contributed by atoms with Crippen molar-refractivity contribution < 1.29 is 9.13 Å². The van der Waals surface area contributed by atoms with Gasteiger partial charge in [0, 0.05) is 6.07 Å². The van der Waals surface area contributed by atoms with Crippen molar-refractivity contribution in [1.29, 1.82) is 0 Å². The predicted molar refractivity (Wildman–Crippen MR) is 68.9 cm³/mol. The van der Waals surface area contributed by atoms with E-state index in [1.807, 2.05) is 11.4 Å². The molecule has 3 rings (SSSR count). The first kappa shape index (κ1) is 11.4. The van der Waals surface area contributed by atoms with Crippen molar-refractivity contribution >= 4 is 33.2 Å². The highest BCUT2D eigenvalue weighted by Gasteiger charge is 2.08. The van der Waals surface area contributed by atoms with Crippen LogP contribution in [0.25, 0.3) is 10.2 Å². The highest BCUT2D eigenvalue weighted by Crippen LogP contribution is 2.31. The zero-order chi connectivity index (χ0) is 12.5. The number of nitrogens with zero attached hydrogens (tertiary/aromatic N) is 2. The van der Waals surface area contributed by atoms with Crippen LogP contribution in [0.15, 0.2) is 36.0 Å². The minimum Gasteiger partial charge on any atom is -0.437 e. The Morgan fingerprint density at radius 3 is 2.94 bits per heavy atom. The van der Waals surface area contributed by atoms with Crippen LogP contribution in [0.3, 0.4) is 0 Å². The number of aromatic nitrogens is 2. The Hall–Kier alpha value is -1.72. The van der Waals surface area contributed by atoms with E-state index in [2.05, 4.69) is 9.97 Å². The van der Waals surface area contributed by atoms with Crippen LogP contribution in [0.5, 0.6) is 11.6 Å². The van der Waals surface area contributed by atoms with Crippen LogP contribution < -0.4 is 4.74 Å². The Morgan fingerprint density at radius 2 is 2.11 bits per heavy atom. The van der Waals surface area contributed by atoms with E-state index in [-0.39, 0.29) is 5.02 Å². The first-order valence-corrected chi connectivity index (χ1v) is 6.31. The second kappa shape index (κ2) is 4.51. The molecular weight excluding hydrogens is 275 g/mol. The molecule has 0 aliphatic carbocycles. The molecule has 0 amide bonds.